The molecule has 15 heavy (non-hydrogen) atoms. The SMILES string of the molecule is CC(C)(CCN)CCc1ccc(F)cc1. The zero-order chi connectivity index (χ0) is 11.3. The lowest BCUT2D eigenvalue weighted by Crippen LogP contribution is -2.17. The zero-order valence-corrected chi connectivity index (χ0v) is 9.59. The molecular formula is C13H20FN. The summed E-state index contributed by atoms with van der Waals surface area (Å²) in [5, 5.41) is 0. The van der Waals surface area contributed by atoms with Crippen LogP contribution in [0.3, 0.4) is 0 Å². The molecule has 0 atom stereocenters. The molecule has 0 aliphatic heterocycles. The van der Waals surface area contributed by atoms with E-state index < -0.39 is 0 Å². The smallest absolute Gasteiger partial charge is 0.123 e. The van der Waals surface area contributed by atoms with Crippen LogP contribution in [0.15, 0.2) is 24.3 Å². The van der Waals surface area contributed by atoms with E-state index in [0.717, 1.165) is 25.8 Å². The fourth-order valence-corrected chi connectivity index (χ4v) is 1.65. The first-order valence-electron chi connectivity index (χ1n) is 5.48. The molecule has 0 bridgehead atoms. The van der Waals surface area contributed by atoms with E-state index in [1.807, 2.05) is 12.1 Å². The molecule has 0 amide bonds. The number of halogens is 1. The minimum atomic E-state index is -0.167. The quantitative estimate of drug-likeness (QED) is 0.792. The van der Waals surface area contributed by atoms with Gasteiger partial charge in [0.1, 0.15) is 5.82 Å². The average molecular weight is 209 g/mol. The number of hydrogen-bond donors (Lipinski definition) is 1. The second kappa shape index (κ2) is 5.26. The van der Waals surface area contributed by atoms with Crippen molar-refractivity contribution >= 4 is 0 Å². The molecule has 0 aromatic heterocycles. The van der Waals surface area contributed by atoms with Crippen molar-refractivity contribution in [3.8, 4) is 0 Å². The van der Waals surface area contributed by atoms with Gasteiger partial charge in [0.25, 0.3) is 0 Å². The van der Waals surface area contributed by atoms with E-state index in [4.69, 9.17) is 5.73 Å². The molecule has 1 aromatic rings. The largest absolute Gasteiger partial charge is 0.330 e. The lowest BCUT2D eigenvalue weighted by Gasteiger charge is -2.23. The van der Waals surface area contributed by atoms with Crippen molar-refractivity contribution in [1.82, 2.24) is 0 Å². The molecule has 0 fully saturated rings. The monoisotopic (exact) mass is 209 g/mol. The third kappa shape index (κ3) is 4.43. The predicted octanol–water partition coefficient (Wildman–Crippen LogP) is 3.13. The van der Waals surface area contributed by atoms with E-state index >= 15 is 0 Å². The van der Waals surface area contributed by atoms with Gasteiger partial charge in [0.15, 0.2) is 0 Å². The van der Waals surface area contributed by atoms with Gasteiger partial charge in [-0.25, -0.2) is 4.39 Å². The van der Waals surface area contributed by atoms with Crippen LogP contribution in [0.25, 0.3) is 0 Å². The molecular weight excluding hydrogens is 189 g/mol. The van der Waals surface area contributed by atoms with Gasteiger partial charge in [-0.1, -0.05) is 26.0 Å². The van der Waals surface area contributed by atoms with E-state index in [0.29, 0.717) is 0 Å². The van der Waals surface area contributed by atoms with E-state index in [1.165, 1.54) is 17.7 Å². The summed E-state index contributed by atoms with van der Waals surface area (Å²) in [6.45, 7) is 5.18. The fraction of sp³-hybridized carbons (Fsp3) is 0.538. The molecule has 0 aliphatic rings. The molecule has 84 valence electrons. The van der Waals surface area contributed by atoms with Crippen LogP contribution in [0, 0.1) is 11.2 Å². The summed E-state index contributed by atoms with van der Waals surface area (Å²) in [6.07, 6.45) is 3.12. The Morgan fingerprint density at radius 3 is 2.27 bits per heavy atom. The molecule has 0 heterocycles. The van der Waals surface area contributed by atoms with E-state index in [1.54, 1.807) is 0 Å². The molecule has 1 nitrogen and oxygen atoms in total. The van der Waals surface area contributed by atoms with Crippen LogP contribution in [0.4, 0.5) is 4.39 Å². The Hall–Kier alpha value is -0.890. The van der Waals surface area contributed by atoms with Gasteiger partial charge in [-0.3, -0.25) is 0 Å². The lowest BCUT2D eigenvalue weighted by atomic mass is 9.83. The topological polar surface area (TPSA) is 26.0 Å². The maximum atomic E-state index is 12.7. The van der Waals surface area contributed by atoms with Crippen molar-refractivity contribution in [2.45, 2.75) is 33.1 Å². The second-order valence-corrected chi connectivity index (χ2v) is 4.83. The lowest BCUT2D eigenvalue weighted by molar-refractivity contribution is 0.313. The summed E-state index contributed by atoms with van der Waals surface area (Å²) < 4.78 is 12.7. The van der Waals surface area contributed by atoms with Crippen molar-refractivity contribution in [1.29, 1.82) is 0 Å². The normalized spacial score (nSPS) is 11.7. The number of nitrogens with two attached hydrogens (primary N) is 1. The average Bonchev–Trinajstić information content (AvgIpc) is 2.17. The molecule has 2 N–H and O–H groups in total. The molecule has 0 aliphatic carbocycles. The first-order valence-corrected chi connectivity index (χ1v) is 5.48. The summed E-state index contributed by atoms with van der Waals surface area (Å²) in [4.78, 5) is 0. The Morgan fingerprint density at radius 2 is 1.73 bits per heavy atom. The first kappa shape index (κ1) is 12.2. The van der Waals surface area contributed by atoms with E-state index in [2.05, 4.69) is 13.8 Å². The molecule has 0 saturated heterocycles. The molecule has 2 heteroatoms. The Balaban J connectivity index is 2.46. The maximum Gasteiger partial charge on any atom is 0.123 e. The highest BCUT2D eigenvalue weighted by molar-refractivity contribution is 5.16. The third-order valence-electron chi connectivity index (χ3n) is 2.82. The molecule has 0 radical (unpaired) electrons. The first-order chi connectivity index (χ1) is 7.03. The highest BCUT2D eigenvalue weighted by Crippen LogP contribution is 2.26. The van der Waals surface area contributed by atoms with Gasteiger partial charge in [-0.15, -0.1) is 0 Å². The minimum Gasteiger partial charge on any atom is -0.330 e. The molecule has 0 saturated carbocycles. The molecule has 1 aromatic carbocycles. The van der Waals surface area contributed by atoms with Gasteiger partial charge >= 0.3 is 0 Å². The van der Waals surface area contributed by atoms with Gasteiger partial charge in [0.2, 0.25) is 0 Å². The summed E-state index contributed by atoms with van der Waals surface area (Å²) in [5.74, 6) is -0.167. The Bertz CT molecular complexity index is 290. The van der Waals surface area contributed by atoms with Gasteiger partial charge in [-0.2, -0.15) is 0 Å². The van der Waals surface area contributed by atoms with Gasteiger partial charge < -0.3 is 5.73 Å². The van der Waals surface area contributed by atoms with E-state index in [-0.39, 0.29) is 11.2 Å². The van der Waals surface area contributed by atoms with Crippen LogP contribution in [-0.2, 0) is 6.42 Å². The number of benzene rings is 1. The summed E-state index contributed by atoms with van der Waals surface area (Å²) >= 11 is 0. The molecule has 0 spiro atoms. The number of aryl methyl sites for hydroxylation is 1. The highest BCUT2D eigenvalue weighted by atomic mass is 19.1. The van der Waals surface area contributed by atoms with Crippen molar-refractivity contribution in [2.24, 2.45) is 11.1 Å². The van der Waals surface area contributed by atoms with Gasteiger partial charge in [-0.05, 0) is 48.9 Å². The van der Waals surface area contributed by atoms with Gasteiger partial charge in [0.05, 0.1) is 0 Å². The van der Waals surface area contributed by atoms with Crippen LogP contribution in [0.5, 0.6) is 0 Å². The predicted molar refractivity (Wildman–Crippen MR) is 62.2 cm³/mol. The second-order valence-electron chi connectivity index (χ2n) is 4.83. The molecule has 0 unspecified atom stereocenters. The summed E-state index contributed by atoms with van der Waals surface area (Å²) in [5.41, 5.74) is 7.03. The third-order valence-corrected chi connectivity index (χ3v) is 2.82. The van der Waals surface area contributed by atoms with Crippen LogP contribution in [0.2, 0.25) is 0 Å². The fourth-order valence-electron chi connectivity index (χ4n) is 1.65. The Morgan fingerprint density at radius 1 is 1.13 bits per heavy atom. The Kier molecular flexibility index (Phi) is 4.28. The Labute approximate surface area is 91.5 Å². The van der Waals surface area contributed by atoms with Crippen LogP contribution in [-0.4, -0.2) is 6.54 Å². The number of hydrogen-bond acceptors (Lipinski definition) is 1. The van der Waals surface area contributed by atoms with Crippen molar-refractivity contribution < 1.29 is 4.39 Å². The maximum absolute atomic E-state index is 12.7. The zero-order valence-electron chi connectivity index (χ0n) is 9.59. The van der Waals surface area contributed by atoms with Crippen molar-refractivity contribution in [2.75, 3.05) is 6.54 Å². The summed E-state index contributed by atoms with van der Waals surface area (Å²) in [6, 6.07) is 6.75. The van der Waals surface area contributed by atoms with Crippen LogP contribution in [0.1, 0.15) is 32.3 Å². The standard InChI is InChI=1S/C13H20FN/c1-13(2,9-10-15)8-7-11-3-5-12(14)6-4-11/h3-6H,7-10,15H2,1-2H3. The van der Waals surface area contributed by atoms with E-state index in [9.17, 15) is 4.39 Å². The van der Waals surface area contributed by atoms with Gasteiger partial charge in [0, 0.05) is 0 Å². The van der Waals surface area contributed by atoms with Crippen molar-refractivity contribution in [3.63, 3.8) is 0 Å². The number of rotatable bonds is 5. The minimum absolute atomic E-state index is 0.167. The van der Waals surface area contributed by atoms with Crippen LogP contribution < -0.4 is 5.73 Å². The van der Waals surface area contributed by atoms with Crippen LogP contribution >= 0.6 is 0 Å². The molecule has 1 rings (SSSR count). The summed E-state index contributed by atoms with van der Waals surface area (Å²) in [7, 11) is 0. The highest BCUT2D eigenvalue weighted by Gasteiger charge is 2.16. The van der Waals surface area contributed by atoms with Crippen molar-refractivity contribution in [3.05, 3.63) is 35.6 Å².